The summed E-state index contributed by atoms with van der Waals surface area (Å²) in [5.74, 6) is 1.06. The highest BCUT2D eigenvalue weighted by Crippen LogP contribution is 2.33. The Balaban J connectivity index is 1.40. The lowest BCUT2D eigenvalue weighted by Crippen LogP contribution is -2.42. The average molecular weight is 596 g/mol. The summed E-state index contributed by atoms with van der Waals surface area (Å²) in [5.41, 5.74) is 3.86. The molecule has 0 spiro atoms. The molecule has 4 aromatic rings. The normalized spacial score (nSPS) is 14.6. The van der Waals surface area contributed by atoms with Gasteiger partial charge >= 0.3 is 5.69 Å². The van der Waals surface area contributed by atoms with Gasteiger partial charge in [0.05, 0.1) is 17.4 Å². The first-order valence-corrected chi connectivity index (χ1v) is 15.2. The third-order valence-corrected chi connectivity index (χ3v) is 8.77. The molecular weight excluding hydrogens is 558 g/mol. The molecule has 6 rings (SSSR count). The van der Waals surface area contributed by atoms with Crippen molar-refractivity contribution in [2.45, 2.75) is 72.4 Å². The van der Waals surface area contributed by atoms with Crippen molar-refractivity contribution in [2.75, 3.05) is 12.1 Å². The van der Waals surface area contributed by atoms with E-state index < -0.39 is 17.2 Å². The zero-order chi connectivity index (χ0) is 31.0. The summed E-state index contributed by atoms with van der Waals surface area (Å²) in [5, 5.41) is 3.23. The number of aryl methyl sites for hydroxylation is 3. The van der Waals surface area contributed by atoms with Crippen LogP contribution in [0, 0.1) is 26.7 Å². The number of carbonyl (C=O) groups excluding carboxylic acids is 2. The van der Waals surface area contributed by atoms with Crippen molar-refractivity contribution in [3.05, 3.63) is 97.2 Å². The van der Waals surface area contributed by atoms with Crippen LogP contribution in [0.4, 0.5) is 5.69 Å². The van der Waals surface area contributed by atoms with Crippen LogP contribution in [-0.2, 0) is 17.9 Å². The zero-order valence-corrected chi connectivity index (χ0v) is 25.4. The van der Waals surface area contributed by atoms with Gasteiger partial charge in [-0.25, -0.2) is 4.79 Å². The van der Waals surface area contributed by atoms with Crippen molar-refractivity contribution in [1.29, 1.82) is 0 Å². The van der Waals surface area contributed by atoms with E-state index >= 15 is 0 Å². The molecule has 2 aliphatic rings. The topological polar surface area (TPSA) is 109 Å². The quantitative estimate of drug-likeness (QED) is 0.264. The molecule has 1 fully saturated rings. The maximum absolute atomic E-state index is 14.0. The number of nitrogens with zero attached hydrogens (tertiary/aromatic N) is 2. The van der Waals surface area contributed by atoms with E-state index in [2.05, 4.69) is 5.32 Å². The first kappa shape index (κ1) is 29.4. The smallest absolute Gasteiger partial charge is 0.332 e. The molecule has 1 aliphatic heterocycles. The summed E-state index contributed by atoms with van der Waals surface area (Å²) >= 11 is 0. The fourth-order valence-corrected chi connectivity index (χ4v) is 6.58. The molecule has 0 saturated heterocycles. The molecule has 44 heavy (non-hydrogen) atoms. The number of benzene rings is 3. The van der Waals surface area contributed by atoms with Crippen molar-refractivity contribution in [1.82, 2.24) is 9.13 Å². The number of ketones is 1. The van der Waals surface area contributed by atoms with Gasteiger partial charge in [-0.15, -0.1) is 0 Å². The Morgan fingerprint density at radius 1 is 0.864 bits per heavy atom. The van der Waals surface area contributed by atoms with E-state index in [1.54, 1.807) is 36.4 Å². The molecule has 1 aliphatic carbocycles. The zero-order valence-electron chi connectivity index (χ0n) is 25.4. The van der Waals surface area contributed by atoms with Gasteiger partial charge in [0.15, 0.2) is 17.3 Å². The molecule has 1 N–H and O–H groups in total. The molecule has 9 nitrogen and oxygen atoms in total. The summed E-state index contributed by atoms with van der Waals surface area (Å²) in [7, 11) is 0. The molecule has 228 valence electrons. The number of hydrogen-bond donors (Lipinski definition) is 1. The first-order chi connectivity index (χ1) is 21.2. The minimum atomic E-state index is -0.635. The Morgan fingerprint density at radius 2 is 1.59 bits per heavy atom. The third kappa shape index (κ3) is 5.91. The molecule has 3 aromatic carbocycles. The van der Waals surface area contributed by atoms with Gasteiger partial charge < -0.3 is 14.8 Å². The van der Waals surface area contributed by atoms with Gasteiger partial charge in [-0.2, -0.15) is 0 Å². The van der Waals surface area contributed by atoms with Crippen molar-refractivity contribution < 1.29 is 19.1 Å². The van der Waals surface area contributed by atoms with E-state index in [0.717, 1.165) is 46.9 Å². The third-order valence-electron chi connectivity index (χ3n) is 8.77. The lowest BCUT2D eigenvalue weighted by molar-refractivity contribution is -0.116. The number of rotatable bonds is 8. The Kier molecular flexibility index (Phi) is 8.12. The van der Waals surface area contributed by atoms with E-state index in [9.17, 15) is 19.2 Å². The molecule has 1 aromatic heterocycles. The molecule has 0 radical (unpaired) electrons. The van der Waals surface area contributed by atoms with Gasteiger partial charge in [-0.05, 0) is 67.6 Å². The second kappa shape index (κ2) is 12.1. The van der Waals surface area contributed by atoms with Crippen molar-refractivity contribution in [3.8, 4) is 11.5 Å². The fraction of sp³-hybridized carbons (Fsp3) is 0.371. The largest absolute Gasteiger partial charge is 0.454 e. The predicted molar refractivity (Wildman–Crippen MR) is 169 cm³/mol. The molecule has 0 unspecified atom stereocenters. The second-order valence-electron chi connectivity index (χ2n) is 12.1. The summed E-state index contributed by atoms with van der Waals surface area (Å²) in [4.78, 5) is 54.6. The Hall–Kier alpha value is -4.66. The molecule has 0 bridgehead atoms. The van der Waals surface area contributed by atoms with Gasteiger partial charge in [-0.1, -0.05) is 61.9 Å². The van der Waals surface area contributed by atoms with Gasteiger partial charge in [0, 0.05) is 17.7 Å². The number of Topliss-reactive ketones (excluding diaryl/α,β-unsaturated/α-hetero) is 1. The number of ether oxygens (including phenoxy) is 2. The SMILES string of the molecule is Cc1cc(C)c(NC(=O)Cn2c(=O)n(Cc3ccc4c(c3)OCO4)c(=O)c3ccc(C(=O)CC4CCCCC4)cc32)c(C)c1. The number of anilines is 1. The van der Waals surface area contributed by atoms with E-state index in [0.29, 0.717) is 40.7 Å². The molecule has 9 heteroatoms. The number of nitrogens with one attached hydrogen (secondary N) is 1. The van der Waals surface area contributed by atoms with E-state index in [1.165, 1.54) is 11.0 Å². The Morgan fingerprint density at radius 3 is 2.34 bits per heavy atom. The van der Waals surface area contributed by atoms with Crippen LogP contribution < -0.4 is 26.0 Å². The minimum Gasteiger partial charge on any atom is -0.454 e. The van der Waals surface area contributed by atoms with E-state index in [1.807, 2.05) is 32.9 Å². The number of carbonyl (C=O) groups is 2. The highest BCUT2D eigenvalue weighted by Gasteiger charge is 2.22. The average Bonchev–Trinajstić information content (AvgIpc) is 3.47. The van der Waals surface area contributed by atoms with Gasteiger partial charge in [0.1, 0.15) is 6.54 Å². The summed E-state index contributed by atoms with van der Waals surface area (Å²) in [6, 6.07) is 14.1. The Bertz CT molecular complexity index is 1870. The van der Waals surface area contributed by atoms with Gasteiger partial charge in [0.2, 0.25) is 12.7 Å². The molecule has 1 amide bonds. The second-order valence-corrected chi connectivity index (χ2v) is 12.1. The van der Waals surface area contributed by atoms with Crippen LogP contribution in [0.15, 0.2) is 58.1 Å². The minimum absolute atomic E-state index is 0.0160. The number of fused-ring (bicyclic) bond motifs is 2. The number of aromatic nitrogens is 2. The monoisotopic (exact) mass is 595 g/mol. The van der Waals surface area contributed by atoms with Crippen LogP contribution in [0.5, 0.6) is 11.5 Å². The van der Waals surface area contributed by atoms with Crippen LogP contribution in [0.3, 0.4) is 0 Å². The van der Waals surface area contributed by atoms with E-state index in [4.69, 9.17) is 9.47 Å². The maximum Gasteiger partial charge on any atom is 0.332 e. The number of amides is 1. The lowest BCUT2D eigenvalue weighted by Gasteiger charge is -2.21. The molecule has 2 heterocycles. The molecule has 0 atom stereocenters. The predicted octanol–water partition coefficient (Wildman–Crippen LogP) is 5.66. The highest BCUT2D eigenvalue weighted by molar-refractivity contribution is 6.00. The number of hydrogen-bond acceptors (Lipinski definition) is 6. The standard InChI is InChI=1S/C35H37N3O6/c1-21-13-22(2)33(23(3)14-21)36-32(40)19-37-28-17-26(29(39)15-24-7-5-4-6-8-24)10-11-27(28)34(41)38(35(37)42)18-25-9-12-30-31(16-25)44-20-43-30/h9-14,16-17,24H,4-8,15,18-20H2,1-3H3,(H,36,40). The van der Waals surface area contributed by atoms with Crippen LogP contribution in [0.1, 0.15) is 71.1 Å². The van der Waals surface area contributed by atoms with Crippen LogP contribution in [0.25, 0.3) is 10.9 Å². The summed E-state index contributed by atoms with van der Waals surface area (Å²) in [6.07, 6.45) is 5.97. The van der Waals surface area contributed by atoms with Crippen molar-refractivity contribution in [3.63, 3.8) is 0 Å². The first-order valence-electron chi connectivity index (χ1n) is 15.2. The maximum atomic E-state index is 14.0. The lowest BCUT2D eigenvalue weighted by atomic mass is 9.85. The van der Waals surface area contributed by atoms with Crippen molar-refractivity contribution in [2.24, 2.45) is 5.92 Å². The van der Waals surface area contributed by atoms with Crippen molar-refractivity contribution >= 4 is 28.3 Å². The van der Waals surface area contributed by atoms with Crippen LogP contribution >= 0.6 is 0 Å². The summed E-state index contributed by atoms with van der Waals surface area (Å²) < 4.78 is 13.3. The highest BCUT2D eigenvalue weighted by atomic mass is 16.7. The van der Waals surface area contributed by atoms with Crippen LogP contribution in [-0.4, -0.2) is 27.6 Å². The summed E-state index contributed by atoms with van der Waals surface area (Å²) in [6.45, 7) is 5.60. The van der Waals surface area contributed by atoms with Gasteiger partial charge in [-0.3, -0.25) is 23.5 Å². The van der Waals surface area contributed by atoms with Crippen LogP contribution in [0.2, 0.25) is 0 Å². The van der Waals surface area contributed by atoms with Gasteiger partial charge in [0.25, 0.3) is 5.56 Å². The van der Waals surface area contributed by atoms with E-state index in [-0.39, 0.29) is 36.6 Å². The molecular formula is C35H37N3O6. The fourth-order valence-electron chi connectivity index (χ4n) is 6.58. The molecule has 1 saturated carbocycles. The Labute approximate surface area is 255 Å².